The van der Waals surface area contributed by atoms with Gasteiger partial charge in [0.05, 0.1) is 11.7 Å². The summed E-state index contributed by atoms with van der Waals surface area (Å²) >= 11 is 0. The summed E-state index contributed by atoms with van der Waals surface area (Å²) in [4.78, 5) is 6.67. The molecule has 0 saturated heterocycles. The summed E-state index contributed by atoms with van der Waals surface area (Å²) in [7, 11) is 4.08. The molecule has 0 spiro atoms. The average molecular weight is 215 g/mol. The number of nitrogens with one attached hydrogen (secondary N) is 1. The fourth-order valence-corrected chi connectivity index (χ4v) is 1.49. The van der Waals surface area contributed by atoms with Gasteiger partial charge in [-0.2, -0.15) is 0 Å². The third kappa shape index (κ3) is 2.31. The maximum atomic E-state index is 4.56. The Labute approximate surface area is 96.1 Å². The highest BCUT2D eigenvalue weighted by atomic mass is 15.2. The van der Waals surface area contributed by atoms with Crippen LogP contribution in [0, 0.1) is 0 Å². The zero-order chi connectivity index (χ0) is 11.5. The number of pyridine rings is 1. The van der Waals surface area contributed by atoms with Crippen LogP contribution in [0.15, 0.2) is 36.4 Å². The molecule has 0 radical (unpaired) electrons. The molecule has 1 N–H and O–H groups in total. The number of hydrogen-bond donors (Lipinski definition) is 1. The van der Waals surface area contributed by atoms with E-state index in [1.54, 1.807) is 0 Å². The van der Waals surface area contributed by atoms with Gasteiger partial charge in [-0.05, 0) is 39.2 Å². The topological polar surface area (TPSA) is 28.2 Å². The molecule has 0 aliphatic carbocycles. The quantitative estimate of drug-likeness (QED) is 0.797. The van der Waals surface area contributed by atoms with Crippen LogP contribution in [0.25, 0.3) is 10.9 Å². The summed E-state index contributed by atoms with van der Waals surface area (Å²) < 4.78 is 0. The van der Waals surface area contributed by atoms with E-state index < -0.39 is 0 Å². The monoisotopic (exact) mass is 215 g/mol. The van der Waals surface area contributed by atoms with Gasteiger partial charge < -0.3 is 5.32 Å². The molecule has 3 heteroatoms. The molecule has 0 saturated carbocycles. The number of rotatable bonds is 3. The second kappa shape index (κ2) is 4.49. The fraction of sp³-hybridized carbons (Fsp3) is 0.308. The largest absolute Gasteiger partial charge is 0.355 e. The van der Waals surface area contributed by atoms with Gasteiger partial charge in [0.15, 0.2) is 0 Å². The van der Waals surface area contributed by atoms with Crippen LogP contribution < -0.4 is 5.32 Å². The van der Waals surface area contributed by atoms with E-state index in [4.69, 9.17) is 0 Å². The highest BCUT2D eigenvalue weighted by molar-refractivity contribution is 5.80. The van der Waals surface area contributed by atoms with Crippen molar-refractivity contribution < 1.29 is 0 Å². The lowest BCUT2D eigenvalue weighted by Crippen LogP contribution is -2.32. The second-order valence-corrected chi connectivity index (χ2v) is 4.17. The molecule has 2 aromatic rings. The minimum Gasteiger partial charge on any atom is -0.355 e. The summed E-state index contributed by atoms with van der Waals surface area (Å²) in [6, 6.07) is 12.2. The van der Waals surface area contributed by atoms with Gasteiger partial charge in [-0.15, -0.1) is 0 Å². The molecule has 0 aliphatic rings. The molecular weight excluding hydrogens is 198 g/mol. The van der Waals surface area contributed by atoms with Crippen molar-refractivity contribution in [3.63, 3.8) is 0 Å². The molecule has 3 nitrogen and oxygen atoms in total. The van der Waals surface area contributed by atoms with E-state index in [-0.39, 0.29) is 6.17 Å². The van der Waals surface area contributed by atoms with E-state index in [0.29, 0.717) is 0 Å². The van der Waals surface area contributed by atoms with Crippen molar-refractivity contribution in [2.45, 2.75) is 13.1 Å². The first kappa shape index (κ1) is 10.9. The predicted molar refractivity (Wildman–Crippen MR) is 68.5 cm³/mol. The first-order valence-corrected chi connectivity index (χ1v) is 5.45. The Bertz CT molecular complexity index is 479. The summed E-state index contributed by atoms with van der Waals surface area (Å²) in [6.45, 7) is 2.11. The van der Waals surface area contributed by atoms with Gasteiger partial charge in [0.25, 0.3) is 0 Å². The molecule has 1 aromatic heterocycles. The van der Waals surface area contributed by atoms with Crippen molar-refractivity contribution in [2.75, 3.05) is 19.4 Å². The number of nitrogens with zero attached hydrogens (tertiary/aromatic N) is 2. The normalized spacial score (nSPS) is 13.0. The van der Waals surface area contributed by atoms with Crippen molar-refractivity contribution in [1.82, 2.24) is 9.88 Å². The Morgan fingerprint density at radius 2 is 1.88 bits per heavy atom. The van der Waals surface area contributed by atoms with Crippen LogP contribution in [0.4, 0.5) is 5.82 Å². The van der Waals surface area contributed by atoms with E-state index in [2.05, 4.69) is 34.3 Å². The van der Waals surface area contributed by atoms with Crippen LogP contribution >= 0.6 is 0 Å². The molecule has 0 aliphatic heterocycles. The maximum Gasteiger partial charge on any atom is 0.127 e. The fourth-order valence-electron chi connectivity index (χ4n) is 1.49. The Morgan fingerprint density at radius 3 is 2.62 bits per heavy atom. The van der Waals surface area contributed by atoms with Crippen molar-refractivity contribution in [1.29, 1.82) is 0 Å². The van der Waals surface area contributed by atoms with Gasteiger partial charge in [-0.1, -0.05) is 18.2 Å². The molecular formula is C13H17N3. The SMILES string of the molecule is CC(Nc1ccc2ccccc2n1)N(C)C. The molecule has 16 heavy (non-hydrogen) atoms. The standard InChI is InChI=1S/C13H17N3/c1-10(16(2)3)14-13-9-8-11-6-4-5-7-12(11)15-13/h4-10H,1-3H3,(H,14,15). The first-order chi connectivity index (χ1) is 7.66. The summed E-state index contributed by atoms with van der Waals surface area (Å²) in [6.07, 6.45) is 0.272. The van der Waals surface area contributed by atoms with Gasteiger partial charge >= 0.3 is 0 Å². The minimum absolute atomic E-state index is 0.272. The summed E-state index contributed by atoms with van der Waals surface area (Å²) in [5.41, 5.74) is 1.03. The maximum absolute atomic E-state index is 4.56. The van der Waals surface area contributed by atoms with Gasteiger partial charge in [0, 0.05) is 5.39 Å². The Hall–Kier alpha value is -1.61. The first-order valence-electron chi connectivity index (χ1n) is 5.45. The van der Waals surface area contributed by atoms with Gasteiger partial charge in [0.2, 0.25) is 0 Å². The molecule has 1 unspecified atom stereocenters. The van der Waals surface area contributed by atoms with Crippen LogP contribution in [0.3, 0.4) is 0 Å². The molecule has 0 bridgehead atoms. The number of para-hydroxylation sites is 1. The molecule has 2 rings (SSSR count). The molecule has 0 fully saturated rings. The Morgan fingerprint density at radius 1 is 1.12 bits per heavy atom. The molecule has 0 amide bonds. The lowest BCUT2D eigenvalue weighted by Gasteiger charge is -2.21. The van der Waals surface area contributed by atoms with Crippen molar-refractivity contribution in [3.05, 3.63) is 36.4 Å². The van der Waals surface area contributed by atoms with E-state index in [1.165, 1.54) is 5.39 Å². The molecule has 1 atom stereocenters. The average Bonchev–Trinajstić information content (AvgIpc) is 2.28. The zero-order valence-corrected chi connectivity index (χ0v) is 9.94. The highest BCUT2D eigenvalue weighted by Gasteiger charge is 2.04. The van der Waals surface area contributed by atoms with Crippen molar-refractivity contribution in [3.8, 4) is 0 Å². The summed E-state index contributed by atoms with van der Waals surface area (Å²) in [5.74, 6) is 0.917. The van der Waals surface area contributed by atoms with Crippen LogP contribution in [-0.2, 0) is 0 Å². The molecule has 84 valence electrons. The highest BCUT2D eigenvalue weighted by Crippen LogP contribution is 2.15. The predicted octanol–water partition coefficient (Wildman–Crippen LogP) is 2.55. The van der Waals surface area contributed by atoms with Crippen LogP contribution in [0.5, 0.6) is 0 Å². The zero-order valence-electron chi connectivity index (χ0n) is 9.94. The smallest absolute Gasteiger partial charge is 0.127 e. The second-order valence-electron chi connectivity index (χ2n) is 4.17. The van der Waals surface area contributed by atoms with E-state index in [0.717, 1.165) is 11.3 Å². The lowest BCUT2D eigenvalue weighted by atomic mass is 10.2. The Balaban J connectivity index is 2.26. The molecule has 1 aromatic carbocycles. The lowest BCUT2D eigenvalue weighted by molar-refractivity contribution is 0.343. The van der Waals surface area contributed by atoms with Gasteiger partial charge in [-0.3, -0.25) is 4.90 Å². The van der Waals surface area contributed by atoms with Crippen LogP contribution in [0.1, 0.15) is 6.92 Å². The van der Waals surface area contributed by atoms with Crippen molar-refractivity contribution >= 4 is 16.7 Å². The number of fused-ring (bicyclic) bond motifs is 1. The third-order valence-electron chi connectivity index (χ3n) is 2.73. The molecule has 1 heterocycles. The number of hydrogen-bond acceptors (Lipinski definition) is 3. The van der Waals surface area contributed by atoms with Gasteiger partial charge in [0.1, 0.15) is 5.82 Å². The third-order valence-corrected chi connectivity index (χ3v) is 2.73. The summed E-state index contributed by atoms with van der Waals surface area (Å²) in [5, 5.41) is 4.52. The van der Waals surface area contributed by atoms with Crippen molar-refractivity contribution in [2.24, 2.45) is 0 Å². The van der Waals surface area contributed by atoms with Crippen LogP contribution in [0.2, 0.25) is 0 Å². The van der Waals surface area contributed by atoms with Gasteiger partial charge in [-0.25, -0.2) is 4.98 Å². The van der Waals surface area contributed by atoms with E-state index >= 15 is 0 Å². The van der Waals surface area contributed by atoms with Crippen LogP contribution in [-0.4, -0.2) is 30.1 Å². The van der Waals surface area contributed by atoms with E-state index in [9.17, 15) is 0 Å². The minimum atomic E-state index is 0.272. The number of anilines is 1. The number of benzene rings is 1. The Kier molecular flexibility index (Phi) is 3.06. The van der Waals surface area contributed by atoms with E-state index in [1.807, 2.05) is 38.4 Å². The number of aromatic nitrogens is 1.